The molecule has 2 amide bonds. The number of hydrogen-bond donors (Lipinski definition) is 0. The van der Waals surface area contributed by atoms with Gasteiger partial charge in [-0.05, 0) is 60.9 Å². The SMILES string of the molecule is Cc1ccc(C2=C(SCc3ccco3)C(=O)N(c3cccc(C(F)(F)F)c3)C2=O)cc1C. The van der Waals surface area contributed by atoms with Crippen LogP contribution in [0.2, 0.25) is 0 Å². The number of benzene rings is 2. The normalized spacial score (nSPS) is 14.6. The Kier molecular flexibility index (Phi) is 5.73. The molecule has 0 N–H and O–H groups in total. The first-order valence-electron chi connectivity index (χ1n) is 9.70. The third-order valence-corrected chi connectivity index (χ3v) is 6.30. The van der Waals surface area contributed by atoms with Gasteiger partial charge in [0.1, 0.15) is 5.76 Å². The van der Waals surface area contributed by atoms with E-state index in [0.717, 1.165) is 39.9 Å². The number of anilines is 1. The second-order valence-electron chi connectivity index (χ2n) is 7.37. The number of aryl methyl sites for hydroxylation is 2. The zero-order valence-corrected chi connectivity index (χ0v) is 18.0. The van der Waals surface area contributed by atoms with Crippen LogP contribution in [0.15, 0.2) is 70.2 Å². The fourth-order valence-electron chi connectivity index (χ4n) is 3.39. The second kappa shape index (κ2) is 8.35. The Morgan fingerprint density at radius 3 is 2.38 bits per heavy atom. The molecule has 0 spiro atoms. The molecule has 3 aromatic rings. The van der Waals surface area contributed by atoms with Gasteiger partial charge in [0.25, 0.3) is 11.8 Å². The maximum atomic E-state index is 13.4. The molecule has 0 fully saturated rings. The number of nitrogens with zero attached hydrogens (tertiary/aromatic N) is 1. The molecule has 4 nitrogen and oxygen atoms in total. The molecule has 1 aliphatic rings. The lowest BCUT2D eigenvalue weighted by Crippen LogP contribution is -2.31. The van der Waals surface area contributed by atoms with Crippen LogP contribution in [0.25, 0.3) is 5.57 Å². The van der Waals surface area contributed by atoms with Crippen molar-refractivity contribution in [1.82, 2.24) is 0 Å². The van der Waals surface area contributed by atoms with E-state index in [2.05, 4.69) is 0 Å². The minimum absolute atomic E-state index is 0.121. The molecule has 0 atom stereocenters. The van der Waals surface area contributed by atoms with Crippen LogP contribution in [-0.2, 0) is 21.5 Å². The Hall–Kier alpha value is -3.26. The molecule has 1 aliphatic heterocycles. The molecule has 32 heavy (non-hydrogen) atoms. The lowest BCUT2D eigenvalue weighted by atomic mass is 10.0. The van der Waals surface area contributed by atoms with Crippen molar-refractivity contribution in [3.63, 3.8) is 0 Å². The molecule has 0 radical (unpaired) electrons. The first-order valence-corrected chi connectivity index (χ1v) is 10.7. The van der Waals surface area contributed by atoms with Gasteiger partial charge in [0.05, 0.1) is 33.7 Å². The first kappa shape index (κ1) is 22.0. The van der Waals surface area contributed by atoms with Crippen LogP contribution in [0.5, 0.6) is 0 Å². The van der Waals surface area contributed by atoms with Gasteiger partial charge in [-0.3, -0.25) is 9.59 Å². The molecule has 0 bridgehead atoms. The van der Waals surface area contributed by atoms with Crippen LogP contribution in [0.3, 0.4) is 0 Å². The zero-order valence-electron chi connectivity index (χ0n) is 17.2. The molecular formula is C24H18F3NO3S. The van der Waals surface area contributed by atoms with Crippen LogP contribution in [0.4, 0.5) is 18.9 Å². The van der Waals surface area contributed by atoms with Gasteiger partial charge < -0.3 is 4.42 Å². The highest BCUT2D eigenvalue weighted by molar-refractivity contribution is 8.03. The molecule has 0 saturated carbocycles. The van der Waals surface area contributed by atoms with Gasteiger partial charge in [-0.2, -0.15) is 13.2 Å². The molecular weight excluding hydrogens is 439 g/mol. The summed E-state index contributed by atoms with van der Waals surface area (Å²) in [5, 5.41) is 0. The lowest BCUT2D eigenvalue weighted by Gasteiger charge is -2.17. The van der Waals surface area contributed by atoms with Gasteiger partial charge in [0, 0.05) is 0 Å². The Morgan fingerprint density at radius 1 is 0.938 bits per heavy atom. The predicted molar refractivity (Wildman–Crippen MR) is 117 cm³/mol. The summed E-state index contributed by atoms with van der Waals surface area (Å²) >= 11 is 1.13. The van der Waals surface area contributed by atoms with E-state index in [1.165, 1.54) is 18.4 Å². The van der Waals surface area contributed by atoms with Crippen molar-refractivity contribution in [2.45, 2.75) is 25.8 Å². The average Bonchev–Trinajstić information content (AvgIpc) is 3.34. The fourth-order valence-corrected chi connectivity index (χ4v) is 4.40. The number of alkyl halides is 3. The summed E-state index contributed by atoms with van der Waals surface area (Å²) in [6, 6.07) is 13.1. The topological polar surface area (TPSA) is 50.5 Å². The number of carbonyl (C=O) groups is 2. The summed E-state index contributed by atoms with van der Waals surface area (Å²) in [5.41, 5.74) is 1.62. The highest BCUT2D eigenvalue weighted by Gasteiger charge is 2.41. The van der Waals surface area contributed by atoms with E-state index in [9.17, 15) is 22.8 Å². The molecule has 4 rings (SSSR count). The van der Waals surface area contributed by atoms with Crippen LogP contribution < -0.4 is 4.90 Å². The Labute approximate surface area is 186 Å². The van der Waals surface area contributed by atoms with E-state index in [1.807, 2.05) is 19.9 Å². The highest BCUT2D eigenvalue weighted by atomic mass is 32.2. The van der Waals surface area contributed by atoms with E-state index >= 15 is 0 Å². The van der Waals surface area contributed by atoms with Crippen LogP contribution >= 0.6 is 11.8 Å². The summed E-state index contributed by atoms with van der Waals surface area (Å²) in [7, 11) is 0. The van der Waals surface area contributed by atoms with Gasteiger partial charge in [-0.25, -0.2) is 4.90 Å². The van der Waals surface area contributed by atoms with E-state index in [4.69, 9.17) is 4.42 Å². The predicted octanol–water partition coefficient (Wildman–Crippen LogP) is 6.13. The number of hydrogen-bond acceptors (Lipinski definition) is 4. The number of rotatable bonds is 5. The van der Waals surface area contributed by atoms with Crippen molar-refractivity contribution >= 4 is 34.8 Å². The summed E-state index contributed by atoms with van der Waals surface area (Å²) in [5.74, 6) is -0.398. The monoisotopic (exact) mass is 457 g/mol. The molecule has 0 aliphatic carbocycles. The third kappa shape index (κ3) is 4.10. The Balaban J connectivity index is 1.78. The van der Waals surface area contributed by atoms with Crippen molar-refractivity contribution in [1.29, 1.82) is 0 Å². The van der Waals surface area contributed by atoms with Crippen LogP contribution in [0.1, 0.15) is 28.0 Å². The van der Waals surface area contributed by atoms with Crippen molar-refractivity contribution in [2.24, 2.45) is 0 Å². The minimum Gasteiger partial charge on any atom is -0.468 e. The summed E-state index contributed by atoms with van der Waals surface area (Å²) in [6.07, 6.45) is -3.09. The van der Waals surface area contributed by atoms with E-state index < -0.39 is 23.6 Å². The van der Waals surface area contributed by atoms with E-state index in [-0.39, 0.29) is 16.2 Å². The largest absolute Gasteiger partial charge is 0.468 e. The standard InChI is InChI=1S/C24H18F3NO3S/c1-14-8-9-16(11-15(14)2)20-21(32-13-19-7-4-10-31-19)23(30)28(22(20)29)18-6-3-5-17(12-18)24(25,26)27/h3-12H,13H2,1-2H3. The van der Waals surface area contributed by atoms with Crippen molar-refractivity contribution < 1.29 is 27.2 Å². The van der Waals surface area contributed by atoms with Crippen LogP contribution in [-0.4, -0.2) is 11.8 Å². The summed E-state index contributed by atoms with van der Waals surface area (Å²) < 4.78 is 45.0. The average molecular weight is 457 g/mol. The summed E-state index contributed by atoms with van der Waals surface area (Å²) in [6.45, 7) is 3.82. The zero-order chi connectivity index (χ0) is 23.0. The van der Waals surface area contributed by atoms with Crippen molar-refractivity contribution in [3.8, 4) is 0 Å². The molecule has 0 unspecified atom stereocenters. The van der Waals surface area contributed by atoms with Gasteiger partial charge in [-0.15, -0.1) is 11.8 Å². The molecule has 2 heterocycles. The maximum Gasteiger partial charge on any atom is 0.416 e. The van der Waals surface area contributed by atoms with Gasteiger partial charge >= 0.3 is 6.18 Å². The molecule has 1 aromatic heterocycles. The van der Waals surface area contributed by atoms with Gasteiger partial charge in [0.2, 0.25) is 0 Å². The molecule has 2 aromatic carbocycles. The number of imide groups is 1. The maximum absolute atomic E-state index is 13.4. The quantitative estimate of drug-likeness (QED) is 0.432. The number of halogens is 3. The minimum atomic E-state index is -4.59. The number of thioether (sulfide) groups is 1. The smallest absolute Gasteiger partial charge is 0.416 e. The first-order chi connectivity index (χ1) is 15.2. The lowest BCUT2D eigenvalue weighted by molar-refractivity contribution is -0.137. The van der Waals surface area contributed by atoms with E-state index in [0.29, 0.717) is 17.1 Å². The van der Waals surface area contributed by atoms with E-state index in [1.54, 1.807) is 24.3 Å². The molecule has 0 saturated heterocycles. The third-order valence-electron chi connectivity index (χ3n) is 5.21. The second-order valence-corrected chi connectivity index (χ2v) is 8.35. The van der Waals surface area contributed by atoms with Gasteiger partial charge in [0.15, 0.2) is 0 Å². The number of furan rings is 1. The van der Waals surface area contributed by atoms with Crippen molar-refractivity contribution in [3.05, 3.63) is 93.8 Å². The number of amides is 2. The Morgan fingerprint density at radius 2 is 1.72 bits per heavy atom. The molecule has 8 heteroatoms. The fraction of sp³-hybridized carbons (Fsp3) is 0.167. The highest BCUT2D eigenvalue weighted by Crippen LogP contribution is 2.41. The van der Waals surface area contributed by atoms with Crippen molar-refractivity contribution in [2.75, 3.05) is 4.90 Å². The Bertz CT molecular complexity index is 1230. The van der Waals surface area contributed by atoms with Gasteiger partial charge in [-0.1, -0.05) is 24.3 Å². The van der Waals surface area contributed by atoms with Crippen LogP contribution in [0, 0.1) is 13.8 Å². The summed E-state index contributed by atoms with van der Waals surface area (Å²) in [4.78, 5) is 27.6. The molecule has 164 valence electrons. The number of carbonyl (C=O) groups excluding carboxylic acids is 2.